The van der Waals surface area contributed by atoms with Crippen LogP contribution in [0.15, 0.2) is 12.1 Å². The van der Waals surface area contributed by atoms with Crippen molar-refractivity contribution >= 4 is 43.1 Å². The number of anilines is 2. The molecular formula is C30H31F4N5O3S. The third-order valence-corrected chi connectivity index (χ3v) is 10.4. The SMILES string of the molecule is COc1c(C)c(-c2ccc(F)c3sc(N)c(C)c23)c(F)c2nc(OCC3(CO)CC3(F)F)nc(N3CC4CCC(C3)N4)c12. The highest BCUT2D eigenvalue weighted by Gasteiger charge is 2.71. The van der Waals surface area contributed by atoms with Crippen molar-refractivity contribution in [2.24, 2.45) is 5.41 Å². The molecule has 3 unspecified atom stereocenters. The van der Waals surface area contributed by atoms with Crippen LogP contribution in [0.1, 0.15) is 30.4 Å². The van der Waals surface area contributed by atoms with Crippen molar-refractivity contribution in [3.63, 3.8) is 0 Å². The van der Waals surface area contributed by atoms with Gasteiger partial charge in [0.25, 0.3) is 5.92 Å². The fourth-order valence-electron chi connectivity index (χ4n) is 6.72. The van der Waals surface area contributed by atoms with Crippen LogP contribution in [0.4, 0.5) is 28.4 Å². The minimum Gasteiger partial charge on any atom is -0.496 e. The van der Waals surface area contributed by atoms with Gasteiger partial charge in [0.1, 0.15) is 29.5 Å². The number of nitrogens with one attached hydrogen (secondary N) is 1. The van der Waals surface area contributed by atoms with E-state index >= 15 is 4.39 Å². The van der Waals surface area contributed by atoms with Gasteiger partial charge in [-0.25, -0.2) is 17.6 Å². The van der Waals surface area contributed by atoms with Gasteiger partial charge >= 0.3 is 6.01 Å². The average molecular weight is 618 g/mol. The minimum atomic E-state index is -3.08. The normalized spacial score (nSPS) is 24.2. The van der Waals surface area contributed by atoms with Crippen LogP contribution in [0.3, 0.4) is 0 Å². The van der Waals surface area contributed by atoms with Gasteiger partial charge in [-0.15, -0.1) is 11.3 Å². The van der Waals surface area contributed by atoms with Gasteiger partial charge in [0.2, 0.25) is 0 Å². The molecule has 1 saturated carbocycles. The molecule has 4 aromatic rings. The molecule has 2 bridgehead atoms. The van der Waals surface area contributed by atoms with E-state index in [-0.39, 0.29) is 29.2 Å². The molecule has 2 aromatic carbocycles. The number of aromatic nitrogens is 2. The Labute approximate surface area is 248 Å². The van der Waals surface area contributed by atoms with Crippen molar-refractivity contribution in [3.05, 3.63) is 34.9 Å². The first-order valence-electron chi connectivity index (χ1n) is 14.2. The lowest BCUT2D eigenvalue weighted by molar-refractivity contribution is 0.0126. The van der Waals surface area contributed by atoms with Crippen molar-refractivity contribution in [1.82, 2.24) is 15.3 Å². The fourth-order valence-corrected chi connectivity index (χ4v) is 7.73. The smallest absolute Gasteiger partial charge is 0.319 e. The largest absolute Gasteiger partial charge is 0.496 e. The molecule has 13 heteroatoms. The van der Waals surface area contributed by atoms with Gasteiger partial charge in [-0.05, 0) is 43.9 Å². The molecular weight excluding hydrogens is 586 g/mol. The Morgan fingerprint density at radius 2 is 1.81 bits per heavy atom. The van der Waals surface area contributed by atoms with E-state index in [1.165, 1.54) is 19.2 Å². The van der Waals surface area contributed by atoms with Gasteiger partial charge < -0.3 is 30.5 Å². The highest BCUT2D eigenvalue weighted by Crippen LogP contribution is 2.60. The zero-order valence-corrected chi connectivity index (χ0v) is 24.7. The summed E-state index contributed by atoms with van der Waals surface area (Å²) in [7, 11) is 1.48. The zero-order valence-electron chi connectivity index (χ0n) is 23.9. The summed E-state index contributed by atoms with van der Waals surface area (Å²) in [4.78, 5) is 11.1. The Morgan fingerprint density at radius 1 is 1.12 bits per heavy atom. The number of piperazine rings is 1. The number of aliphatic hydroxyl groups excluding tert-OH is 1. The van der Waals surface area contributed by atoms with E-state index in [2.05, 4.69) is 15.3 Å². The van der Waals surface area contributed by atoms with Crippen LogP contribution in [-0.4, -0.2) is 66.5 Å². The number of alkyl halides is 2. The molecule has 4 heterocycles. The predicted octanol–water partition coefficient (Wildman–Crippen LogP) is 5.33. The van der Waals surface area contributed by atoms with Crippen molar-refractivity contribution in [1.29, 1.82) is 0 Å². The van der Waals surface area contributed by atoms with Gasteiger partial charge in [0.15, 0.2) is 5.82 Å². The topological polar surface area (TPSA) is 106 Å². The maximum atomic E-state index is 17.0. The first kappa shape index (κ1) is 28.4. The van der Waals surface area contributed by atoms with E-state index in [1.807, 2.05) is 4.90 Å². The van der Waals surface area contributed by atoms with Gasteiger partial charge in [-0.1, -0.05) is 6.07 Å². The molecule has 2 aromatic heterocycles. The number of hydrogen-bond donors (Lipinski definition) is 3. The maximum Gasteiger partial charge on any atom is 0.319 e. The lowest BCUT2D eigenvalue weighted by atomic mass is 9.92. The second kappa shape index (κ2) is 9.80. The molecule has 0 amide bonds. The number of methoxy groups -OCH3 is 1. The first-order chi connectivity index (χ1) is 20.5. The number of benzene rings is 2. The number of fused-ring (bicyclic) bond motifs is 4. The van der Waals surface area contributed by atoms with Crippen LogP contribution in [-0.2, 0) is 0 Å². The number of rotatable bonds is 7. The minimum absolute atomic E-state index is 0.109. The molecule has 3 fully saturated rings. The second-order valence-corrected chi connectivity index (χ2v) is 13.0. The summed E-state index contributed by atoms with van der Waals surface area (Å²) < 4.78 is 71.9. The molecule has 2 saturated heterocycles. The molecule has 3 aliphatic rings. The molecule has 4 N–H and O–H groups in total. The molecule has 1 aliphatic carbocycles. The van der Waals surface area contributed by atoms with Crippen LogP contribution in [0, 0.1) is 30.9 Å². The quantitative estimate of drug-likeness (QED) is 0.239. The first-order valence-corrected chi connectivity index (χ1v) is 15.0. The van der Waals surface area contributed by atoms with Gasteiger partial charge in [0, 0.05) is 48.1 Å². The standard InChI is InChI=1S/C30H31F4N5O3S/c1-13-19(17-6-7-18(31)25-20(17)14(2)26(35)43-25)22(32)23-21(24(13)41-3)27(39-8-15-4-5-16(9-39)36-15)38-28(37-23)42-12-29(11-40)10-30(29,33)34/h6-7,15-16,36,40H,4-5,8-12,35H2,1-3H3. The summed E-state index contributed by atoms with van der Waals surface area (Å²) >= 11 is 1.10. The van der Waals surface area contributed by atoms with E-state index in [0.29, 0.717) is 61.8 Å². The molecule has 0 spiro atoms. The Hall–Kier alpha value is -3.42. The summed E-state index contributed by atoms with van der Waals surface area (Å²) in [5, 5.41) is 14.5. The number of ether oxygens (including phenoxy) is 2. The number of nitrogens with two attached hydrogens (primary N) is 1. The van der Waals surface area contributed by atoms with E-state index in [1.54, 1.807) is 13.8 Å². The fraction of sp³-hybridized carbons (Fsp3) is 0.467. The number of aryl methyl sites for hydroxylation is 1. The Balaban J connectivity index is 1.46. The van der Waals surface area contributed by atoms with Crippen LogP contribution in [0.25, 0.3) is 32.1 Å². The molecule has 8 nitrogen and oxygen atoms in total. The summed E-state index contributed by atoms with van der Waals surface area (Å²) in [5.74, 6) is -3.52. The average Bonchev–Trinajstić information content (AvgIpc) is 3.17. The van der Waals surface area contributed by atoms with E-state index in [9.17, 15) is 18.3 Å². The van der Waals surface area contributed by atoms with Crippen LogP contribution < -0.4 is 25.4 Å². The molecule has 3 atom stereocenters. The monoisotopic (exact) mass is 617 g/mol. The Bertz CT molecular complexity index is 1790. The van der Waals surface area contributed by atoms with Crippen LogP contribution in [0.5, 0.6) is 11.8 Å². The molecule has 7 rings (SSSR count). The third-order valence-electron chi connectivity index (χ3n) is 9.29. The number of halogens is 4. The van der Waals surface area contributed by atoms with E-state index < -0.39 is 42.6 Å². The summed E-state index contributed by atoms with van der Waals surface area (Å²) in [6, 6.07) is 2.95. The van der Waals surface area contributed by atoms with Crippen molar-refractivity contribution in [2.45, 2.75) is 51.1 Å². The van der Waals surface area contributed by atoms with Crippen molar-refractivity contribution in [3.8, 4) is 22.9 Å². The number of nitrogens with zero attached hydrogens (tertiary/aromatic N) is 3. The third kappa shape index (κ3) is 4.22. The molecule has 0 radical (unpaired) electrons. The van der Waals surface area contributed by atoms with Crippen LogP contribution >= 0.6 is 11.3 Å². The Kier molecular flexibility index (Phi) is 6.46. The van der Waals surface area contributed by atoms with Crippen LogP contribution in [0.2, 0.25) is 0 Å². The highest BCUT2D eigenvalue weighted by molar-refractivity contribution is 7.23. The number of aliphatic hydroxyl groups is 1. The molecule has 228 valence electrons. The second-order valence-electron chi connectivity index (χ2n) is 11.9. The van der Waals surface area contributed by atoms with E-state index in [0.717, 1.165) is 24.2 Å². The lowest BCUT2D eigenvalue weighted by Gasteiger charge is -2.34. The van der Waals surface area contributed by atoms with Gasteiger partial charge in [-0.2, -0.15) is 9.97 Å². The zero-order chi connectivity index (χ0) is 30.4. The molecule has 43 heavy (non-hydrogen) atoms. The lowest BCUT2D eigenvalue weighted by Crippen LogP contribution is -2.51. The summed E-state index contributed by atoms with van der Waals surface area (Å²) in [6.45, 7) is 3.38. The summed E-state index contributed by atoms with van der Waals surface area (Å²) in [5.41, 5.74) is 6.01. The maximum absolute atomic E-state index is 17.0. The van der Waals surface area contributed by atoms with Crippen molar-refractivity contribution < 1.29 is 32.1 Å². The molecule has 2 aliphatic heterocycles. The van der Waals surface area contributed by atoms with Crippen molar-refractivity contribution in [2.75, 3.05) is 44.0 Å². The summed E-state index contributed by atoms with van der Waals surface area (Å²) in [6.07, 6.45) is 1.45. The van der Waals surface area contributed by atoms with E-state index in [4.69, 9.17) is 15.2 Å². The predicted molar refractivity (Wildman–Crippen MR) is 157 cm³/mol. The Morgan fingerprint density at radius 3 is 2.44 bits per heavy atom. The number of nitrogen functional groups attached to an aromatic ring is 1. The number of thiophene rings is 1. The number of hydrogen-bond acceptors (Lipinski definition) is 9. The van der Waals surface area contributed by atoms with Gasteiger partial charge in [-0.3, -0.25) is 0 Å². The highest BCUT2D eigenvalue weighted by atomic mass is 32.1. The van der Waals surface area contributed by atoms with Gasteiger partial charge in [0.05, 0.1) is 34.2 Å².